The molecule has 17 heavy (non-hydrogen) atoms. The Hall–Kier alpha value is -0.330. The Morgan fingerprint density at radius 1 is 0.706 bits per heavy atom. The van der Waals surface area contributed by atoms with Crippen molar-refractivity contribution in [1.82, 2.24) is 0 Å². The van der Waals surface area contributed by atoms with Gasteiger partial charge in [-0.25, -0.2) is 0 Å². The average Bonchev–Trinajstić information content (AvgIpc) is 2.96. The molecule has 3 heteroatoms. The Balaban J connectivity index is 1.98. The monoisotopic (exact) mass is 374 g/mol. The Morgan fingerprint density at radius 3 is 1.53 bits per heavy atom. The summed E-state index contributed by atoms with van der Waals surface area (Å²) < 4.78 is 3.18. The fourth-order valence-electron chi connectivity index (χ4n) is 1.74. The average molecular weight is 372 g/mol. The summed E-state index contributed by atoms with van der Waals surface area (Å²) in [4.78, 5) is 5.77. The van der Waals surface area contributed by atoms with E-state index in [0.717, 1.165) is 0 Å². The molecule has 3 rings (SSSR count). The molecular weight excluding hydrogens is 360 g/mol. The van der Waals surface area contributed by atoms with E-state index in [1.807, 2.05) is 22.7 Å². The van der Waals surface area contributed by atoms with Gasteiger partial charge in [0, 0.05) is 0 Å². The summed E-state index contributed by atoms with van der Waals surface area (Å²) in [5.74, 6) is 0. The van der Waals surface area contributed by atoms with Crippen LogP contribution in [0.3, 0.4) is 0 Å². The third-order valence-corrected chi connectivity index (χ3v) is 8.73. The van der Waals surface area contributed by atoms with Crippen LogP contribution < -0.4 is 0 Å². The van der Waals surface area contributed by atoms with Crippen LogP contribution >= 0.6 is 22.7 Å². The molecule has 3 aromatic rings. The summed E-state index contributed by atoms with van der Waals surface area (Å²) in [6.07, 6.45) is 0. The summed E-state index contributed by atoms with van der Waals surface area (Å²) in [6, 6.07) is 13.7. The van der Waals surface area contributed by atoms with E-state index in [-0.39, 0.29) is 20.4 Å². The number of thiophene rings is 2. The molecule has 0 unspecified atom stereocenters. The van der Waals surface area contributed by atoms with Crippen molar-refractivity contribution in [3.63, 3.8) is 0 Å². The van der Waals surface area contributed by atoms with Gasteiger partial charge < -0.3 is 0 Å². The summed E-state index contributed by atoms with van der Waals surface area (Å²) in [5, 5.41) is 0. The fraction of sp³-hybridized carbons (Fsp3) is 0.143. The molecule has 0 fully saturated rings. The van der Waals surface area contributed by atoms with Gasteiger partial charge in [-0.3, -0.25) is 0 Å². The molecule has 3 heterocycles. The van der Waals surface area contributed by atoms with E-state index < -0.39 is 0 Å². The van der Waals surface area contributed by atoms with Gasteiger partial charge in [0.25, 0.3) is 0 Å². The molecule has 0 amide bonds. The van der Waals surface area contributed by atoms with Gasteiger partial charge in [-0.05, 0) is 0 Å². The fourth-order valence-corrected chi connectivity index (χ4v) is 7.00. The molecular formula is C14H12S2Te. The van der Waals surface area contributed by atoms with Crippen molar-refractivity contribution in [3.8, 4) is 16.9 Å². The van der Waals surface area contributed by atoms with E-state index in [0.29, 0.717) is 0 Å². The summed E-state index contributed by atoms with van der Waals surface area (Å²) in [5.41, 5.74) is 0. The summed E-state index contributed by atoms with van der Waals surface area (Å²) in [7, 11) is 0. The molecule has 0 aliphatic heterocycles. The molecule has 3 aromatic heterocycles. The standard InChI is InChI=1S/C14H12S2Te/c1-9-3-5-11(15-9)13-7-8-14(17-13)12-6-4-10(2)16-12/h3-8H,1-2H3. The van der Waals surface area contributed by atoms with Gasteiger partial charge in [0.2, 0.25) is 0 Å². The normalized spacial score (nSPS) is 10.9. The van der Waals surface area contributed by atoms with Crippen molar-refractivity contribution in [3.05, 3.63) is 46.2 Å². The van der Waals surface area contributed by atoms with Crippen molar-refractivity contribution in [2.45, 2.75) is 13.8 Å². The van der Waals surface area contributed by atoms with Crippen LogP contribution in [0.4, 0.5) is 0 Å². The first-order chi connectivity index (χ1) is 8.22. The first-order valence-corrected chi connectivity index (χ1v) is 9.42. The maximum atomic E-state index is 2.33. The molecule has 0 N–H and O–H groups in total. The third kappa shape index (κ3) is 2.44. The zero-order valence-electron chi connectivity index (χ0n) is 9.69. The first kappa shape index (κ1) is 11.7. The number of hydrogen-bond acceptors (Lipinski definition) is 2. The van der Waals surface area contributed by atoms with E-state index in [1.54, 1.807) is 7.16 Å². The van der Waals surface area contributed by atoms with Gasteiger partial charge in [0.1, 0.15) is 0 Å². The minimum atomic E-state index is -0.170. The van der Waals surface area contributed by atoms with Crippen LogP contribution in [0.2, 0.25) is 0 Å². The van der Waals surface area contributed by atoms with E-state index in [2.05, 4.69) is 50.2 Å². The van der Waals surface area contributed by atoms with Crippen molar-refractivity contribution in [2.24, 2.45) is 0 Å². The van der Waals surface area contributed by atoms with Gasteiger partial charge in [0.05, 0.1) is 0 Å². The van der Waals surface area contributed by atoms with Crippen molar-refractivity contribution >= 4 is 43.1 Å². The third-order valence-electron chi connectivity index (χ3n) is 2.57. The Kier molecular flexibility index (Phi) is 3.27. The van der Waals surface area contributed by atoms with Gasteiger partial charge >= 0.3 is 120 Å². The second-order valence-corrected chi connectivity index (χ2v) is 9.65. The predicted molar refractivity (Wildman–Crippen MR) is 79.5 cm³/mol. The molecule has 0 aromatic carbocycles. The van der Waals surface area contributed by atoms with E-state index in [4.69, 9.17) is 0 Å². The van der Waals surface area contributed by atoms with E-state index in [1.165, 1.54) is 19.5 Å². The van der Waals surface area contributed by atoms with Crippen molar-refractivity contribution in [2.75, 3.05) is 0 Å². The van der Waals surface area contributed by atoms with Crippen molar-refractivity contribution in [1.29, 1.82) is 0 Å². The maximum absolute atomic E-state index is 2.33. The molecule has 0 bridgehead atoms. The predicted octanol–water partition coefficient (Wildman–Crippen LogP) is 4.82. The van der Waals surface area contributed by atoms with Crippen molar-refractivity contribution < 1.29 is 0 Å². The molecule has 0 aliphatic carbocycles. The summed E-state index contributed by atoms with van der Waals surface area (Å²) >= 11 is 3.67. The van der Waals surface area contributed by atoms with Gasteiger partial charge in [0.15, 0.2) is 0 Å². The second-order valence-electron chi connectivity index (χ2n) is 3.98. The van der Waals surface area contributed by atoms with Crippen LogP contribution in [0.25, 0.3) is 16.9 Å². The topological polar surface area (TPSA) is 0 Å². The first-order valence-electron chi connectivity index (χ1n) is 5.46. The quantitative estimate of drug-likeness (QED) is 0.566. The Labute approximate surface area is 119 Å². The SMILES string of the molecule is Cc1ccc(-c2ccc(-c3ccc(C)s3)[te]2)s1. The molecule has 0 atom stereocenters. The zero-order valence-corrected chi connectivity index (χ0v) is 13.7. The summed E-state index contributed by atoms with van der Waals surface area (Å²) in [6.45, 7) is 4.36. The minimum absolute atomic E-state index is 0.170. The second kappa shape index (κ2) is 4.74. The number of aryl methyl sites for hydroxylation is 2. The molecule has 0 radical (unpaired) electrons. The number of hydrogen-bond donors (Lipinski definition) is 0. The Bertz CT molecular complexity index is 588. The van der Waals surface area contributed by atoms with Gasteiger partial charge in [-0.15, -0.1) is 0 Å². The molecule has 0 nitrogen and oxygen atoms in total. The van der Waals surface area contributed by atoms with Crippen LogP contribution in [0, 0.1) is 13.8 Å². The van der Waals surface area contributed by atoms with Crippen LogP contribution in [0.5, 0.6) is 0 Å². The molecule has 0 saturated carbocycles. The van der Waals surface area contributed by atoms with E-state index in [9.17, 15) is 0 Å². The van der Waals surface area contributed by atoms with Gasteiger partial charge in [-0.1, -0.05) is 0 Å². The molecule has 0 spiro atoms. The van der Waals surface area contributed by atoms with Crippen LogP contribution in [0.15, 0.2) is 36.4 Å². The van der Waals surface area contributed by atoms with E-state index >= 15 is 0 Å². The zero-order chi connectivity index (χ0) is 11.8. The molecule has 86 valence electrons. The van der Waals surface area contributed by atoms with Crippen LogP contribution in [0.1, 0.15) is 9.75 Å². The van der Waals surface area contributed by atoms with Gasteiger partial charge in [-0.2, -0.15) is 0 Å². The molecule has 0 aliphatic rings. The van der Waals surface area contributed by atoms with Crippen LogP contribution in [-0.4, -0.2) is 20.4 Å². The van der Waals surface area contributed by atoms with Crippen LogP contribution in [-0.2, 0) is 0 Å². The molecule has 0 saturated heterocycles. The number of rotatable bonds is 2. The Morgan fingerprint density at radius 2 is 1.18 bits per heavy atom.